The Balaban J connectivity index is 1.01. The predicted octanol–water partition coefficient (Wildman–Crippen LogP) is 11.4. The Labute approximate surface area is 344 Å². The van der Waals surface area contributed by atoms with Gasteiger partial charge in [0.15, 0.2) is 0 Å². The highest BCUT2D eigenvalue weighted by Gasteiger charge is 2.57. The minimum Gasteiger partial charge on any atom is -0.458 e. The number of hydrogen-bond acceptors (Lipinski definition) is 5. The van der Waals surface area contributed by atoms with Crippen molar-refractivity contribution in [2.24, 2.45) is 28.6 Å². The van der Waals surface area contributed by atoms with Gasteiger partial charge in [0.1, 0.15) is 30.5 Å². The van der Waals surface area contributed by atoms with Crippen molar-refractivity contribution >= 4 is 28.2 Å². The van der Waals surface area contributed by atoms with Crippen LogP contribution in [0.4, 0.5) is 5.69 Å². The standard InChI is InChI=1S/C52H60N3O3/c1-7-54(8-2)36-18-21-42-47(31-36)58-48-32-37(55(9-3)10-4)19-22-43(48)49(42)39-15-11-12-16-40(39)50(56)57-38-25-27-51(5)35(30-38)17-20-41-45-24-23-44(34-14-13-29-53-33-34)52(45,6)28-26-46(41)51/h11-19,21-23,29,31-33,38,41,45-46H,7-10,20,24-28,30H2,1-6H3/q+1/t38-,41-,45-,46-,51-,52+/m0/s1. The van der Waals surface area contributed by atoms with Crippen molar-refractivity contribution in [2.45, 2.75) is 92.6 Å². The molecule has 300 valence electrons. The topological polar surface area (TPSA) is 58.6 Å². The molecular formula is C52H60N3O3+. The SMILES string of the molecule is CCN(CC)c1ccc2c(-c3ccccc3C(=O)O[C@H]3CC[C@@]4(C)C(=CC[C@@H]5[C@@H]4CC[C@]4(C)C(c6cccnc6)=CC[C@@H]54)C3)c3ccc(=[N+](CC)CC)cc-3oc2c1. The predicted molar refractivity (Wildman–Crippen MR) is 237 cm³/mol. The number of rotatable bonds is 9. The van der Waals surface area contributed by atoms with Gasteiger partial charge in [0.05, 0.1) is 11.6 Å². The van der Waals surface area contributed by atoms with Gasteiger partial charge in [0, 0.05) is 66.2 Å². The first-order chi connectivity index (χ1) is 28.2. The molecule has 3 aromatic rings. The third-order valence-corrected chi connectivity index (χ3v) is 15.2. The number of fused-ring (bicyclic) bond motifs is 7. The van der Waals surface area contributed by atoms with Gasteiger partial charge in [-0.2, -0.15) is 0 Å². The first-order valence-corrected chi connectivity index (χ1v) is 22.1. The number of nitrogens with zero attached hydrogens (tertiary/aromatic N) is 3. The summed E-state index contributed by atoms with van der Waals surface area (Å²) in [7, 11) is 0. The van der Waals surface area contributed by atoms with Gasteiger partial charge in [0.2, 0.25) is 5.36 Å². The summed E-state index contributed by atoms with van der Waals surface area (Å²) in [6.07, 6.45) is 16.4. The molecule has 2 heterocycles. The summed E-state index contributed by atoms with van der Waals surface area (Å²) in [5, 5.41) is 2.12. The molecule has 0 unspecified atom stereocenters. The molecule has 6 aliphatic rings. The highest BCUT2D eigenvalue weighted by atomic mass is 16.5. The summed E-state index contributed by atoms with van der Waals surface area (Å²) in [4.78, 5) is 21.3. The Morgan fingerprint density at radius 1 is 0.862 bits per heavy atom. The average molecular weight is 775 g/mol. The number of allylic oxidation sites excluding steroid dienone is 3. The van der Waals surface area contributed by atoms with Crippen molar-refractivity contribution in [3.05, 3.63) is 119 Å². The van der Waals surface area contributed by atoms with Gasteiger partial charge in [-0.25, -0.2) is 9.37 Å². The number of aromatic nitrogens is 1. The van der Waals surface area contributed by atoms with Crippen molar-refractivity contribution in [3.8, 4) is 22.5 Å². The molecule has 9 rings (SSSR count). The fraction of sp³-hybridized carbons (Fsp3) is 0.442. The molecule has 2 aromatic carbocycles. The van der Waals surface area contributed by atoms with Crippen LogP contribution in [0.2, 0.25) is 0 Å². The summed E-state index contributed by atoms with van der Waals surface area (Å²) in [5.41, 5.74) is 10.1. The number of carbonyl (C=O) groups is 1. The van der Waals surface area contributed by atoms with Crippen molar-refractivity contribution < 1.29 is 13.9 Å². The number of benzene rings is 3. The normalized spacial score (nSPS) is 26.3. The zero-order valence-corrected chi connectivity index (χ0v) is 35.4. The maximum absolute atomic E-state index is 14.5. The molecule has 6 nitrogen and oxygen atoms in total. The van der Waals surface area contributed by atoms with Gasteiger partial charge >= 0.3 is 5.97 Å². The minimum atomic E-state index is -0.242. The maximum atomic E-state index is 14.5. The Hall–Kier alpha value is -4.97. The Morgan fingerprint density at radius 3 is 2.45 bits per heavy atom. The molecule has 1 aliphatic heterocycles. The second kappa shape index (κ2) is 15.3. The number of hydrogen-bond donors (Lipinski definition) is 0. The molecule has 0 bridgehead atoms. The van der Waals surface area contributed by atoms with Crippen molar-refractivity contribution in [3.63, 3.8) is 0 Å². The quantitative estimate of drug-likeness (QED) is 0.0646. The van der Waals surface area contributed by atoms with Crippen LogP contribution in [0.1, 0.15) is 102 Å². The molecule has 6 heteroatoms. The largest absolute Gasteiger partial charge is 0.458 e. The Kier molecular flexibility index (Phi) is 10.2. The lowest BCUT2D eigenvalue weighted by atomic mass is 9.47. The second-order valence-corrected chi connectivity index (χ2v) is 17.8. The summed E-state index contributed by atoms with van der Waals surface area (Å²) >= 11 is 0. The summed E-state index contributed by atoms with van der Waals surface area (Å²) in [6.45, 7) is 17.4. The Morgan fingerprint density at radius 2 is 1.67 bits per heavy atom. The van der Waals surface area contributed by atoms with Crippen LogP contribution in [0.25, 0.3) is 39.0 Å². The van der Waals surface area contributed by atoms with Gasteiger partial charge in [-0.3, -0.25) is 4.98 Å². The van der Waals surface area contributed by atoms with Crippen molar-refractivity contribution in [2.75, 3.05) is 31.1 Å². The molecule has 2 saturated carbocycles. The molecule has 58 heavy (non-hydrogen) atoms. The number of carbonyl (C=O) groups excluding carboxylic acids is 1. The lowest BCUT2D eigenvalue weighted by Crippen LogP contribution is -2.50. The fourth-order valence-corrected chi connectivity index (χ4v) is 12.1. The second-order valence-electron chi connectivity index (χ2n) is 17.8. The molecular weight excluding hydrogens is 715 g/mol. The van der Waals surface area contributed by atoms with Crippen LogP contribution in [0.3, 0.4) is 0 Å². The van der Waals surface area contributed by atoms with Crippen molar-refractivity contribution in [1.82, 2.24) is 9.56 Å². The van der Waals surface area contributed by atoms with E-state index in [1.807, 2.05) is 24.4 Å². The molecule has 0 N–H and O–H groups in total. The number of ether oxygens (including phenoxy) is 1. The van der Waals surface area contributed by atoms with Crippen LogP contribution in [0, 0.1) is 28.6 Å². The molecule has 2 fully saturated rings. The van der Waals surface area contributed by atoms with Gasteiger partial charge in [-0.05, 0) is 142 Å². The van der Waals surface area contributed by atoms with E-state index in [0.717, 1.165) is 103 Å². The van der Waals surface area contributed by atoms with Gasteiger partial charge in [0.25, 0.3) is 0 Å². The molecule has 1 aromatic heterocycles. The lowest BCUT2D eigenvalue weighted by molar-refractivity contribution is -0.0306. The average Bonchev–Trinajstić information content (AvgIpc) is 3.61. The molecule has 0 radical (unpaired) electrons. The van der Waals surface area contributed by atoms with Crippen LogP contribution >= 0.6 is 0 Å². The maximum Gasteiger partial charge on any atom is 0.339 e. The third kappa shape index (κ3) is 6.33. The van der Waals surface area contributed by atoms with E-state index >= 15 is 0 Å². The fourth-order valence-electron chi connectivity index (χ4n) is 12.1. The number of anilines is 1. The van der Waals surface area contributed by atoms with E-state index in [1.54, 1.807) is 0 Å². The Bertz CT molecular complexity index is 2450. The van der Waals surface area contributed by atoms with E-state index in [-0.39, 0.29) is 22.9 Å². The highest BCUT2D eigenvalue weighted by Crippen LogP contribution is 2.66. The van der Waals surface area contributed by atoms with Crippen LogP contribution in [-0.2, 0) is 4.74 Å². The summed E-state index contributed by atoms with van der Waals surface area (Å²) in [5.74, 6) is 2.57. The van der Waals surface area contributed by atoms with E-state index in [9.17, 15) is 4.79 Å². The van der Waals surface area contributed by atoms with Gasteiger partial charge in [-0.1, -0.05) is 55.8 Å². The smallest absolute Gasteiger partial charge is 0.339 e. The molecule has 0 amide bonds. The summed E-state index contributed by atoms with van der Waals surface area (Å²) < 4.78 is 15.7. The summed E-state index contributed by atoms with van der Waals surface area (Å²) in [6, 6.07) is 25.4. The van der Waals surface area contributed by atoms with Crippen molar-refractivity contribution in [1.29, 1.82) is 0 Å². The van der Waals surface area contributed by atoms with E-state index in [4.69, 9.17) is 9.15 Å². The molecule has 0 spiro atoms. The van der Waals surface area contributed by atoms with Gasteiger partial charge < -0.3 is 14.1 Å². The van der Waals surface area contributed by atoms with E-state index < -0.39 is 0 Å². The first-order valence-electron chi connectivity index (χ1n) is 22.1. The zero-order valence-electron chi connectivity index (χ0n) is 35.4. The highest BCUT2D eigenvalue weighted by molar-refractivity contribution is 6.08. The molecule has 5 aliphatic carbocycles. The van der Waals surface area contributed by atoms with Crippen LogP contribution in [0.5, 0.6) is 0 Å². The number of esters is 1. The van der Waals surface area contributed by atoms with E-state index in [1.165, 1.54) is 29.6 Å². The lowest BCUT2D eigenvalue weighted by Gasteiger charge is -2.57. The van der Waals surface area contributed by atoms with Crippen LogP contribution in [-0.4, -0.2) is 43.2 Å². The van der Waals surface area contributed by atoms with E-state index in [2.05, 4.69) is 129 Å². The molecule has 6 atom stereocenters. The molecule has 0 saturated heterocycles. The third-order valence-electron chi connectivity index (χ3n) is 15.2. The first kappa shape index (κ1) is 38.5. The minimum absolute atomic E-state index is 0.136. The monoisotopic (exact) mass is 774 g/mol. The van der Waals surface area contributed by atoms with Gasteiger partial charge in [-0.15, -0.1) is 0 Å². The van der Waals surface area contributed by atoms with Crippen LogP contribution in [0.15, 0.2) is 107 Å². The van der Waals surface area contributed by atoms with Crippen LogP contribution < -0.4 is 14.8 Å². The van der Waals surface area contributed by atoms with E-state index in [0.29, 0.717) is 23.3 Å². The zero-order chi connectivity index (χ0) is 40.2. The number of pyridine rings is 1.